The van der Waals surface area contributed by atoms with Crippen LogP contribution in [0.1, 0.15) is 57.2 Å². The molecule has 33 heavy (non-hydrogen) atoms. The first-order valence-corrected chi connectivity index (χ1v) is 12.1. The first-order chi connectivity index (χ1) is 15.8. The lowest BCUT2D eigenvalue weighted by molar-refractivity contribution is 0.148. The van der Waals surface area contributed by atoms with Crippen LogP contribution in [0.5, 0.6) is 0 Å². The van der Waals surface area contributed by atoms with Crippen molar-refractivity contribution in [1.82, 2.24) is 29.5 Å². The molecule has 0 aliphatic carbocycles. The number of fused-ring (bicyclic) bond motifs is 2. The van der Waals surface area contributed by atoms with E-state index in [2.05, 4.69) is 91.7 Å². The van der Waals surface area contributed by atoms with Crippen LogP contribution in [0, 0.1) is 13.8 Å². The number of piperazine rings is 1. The van der Waals surface area contributed by atoms with Crippen LogP contribution >= 0.6 is 0 Å². The van der Waals surface area contributed by atoms with Gasteiger partial charge in [-0.3, -0.25) is 4.90 Å². The van der Waals surface area contributed by atoms with Gasteiger partial charge in [0.05, 0.1) is 16.7 Å². The van der Waals surface area contributed by atoms with Crippen molar-refractivity contribution in [3.63, 3.8) is 0 Å². The van der Waals surface area contributed by atoms with Crippen molar-refractivity contribution in [2.24, 2.45) is 0 Å². The molecule has 0 radical (unpaired) electrons. The summed E-state index contributed by atoms with van der Waals surface area (Å²) in [6.07, 6.45) is 3.71. The summed E-state index contributed by atoms with van der Waals surface area (Å²) in [5.41, 5.74) is 9.02. The monoisotopic (exact) mass is 445 g/mol. The lowest BCUT2D eigenvalue weighted by Crippen LogP contribution is -2.54. The van der Waals surface area contributed by atoms with Crippen LogP contribution in [0.3, 0.4) is 0 Å². The summed E-state index contributed by atoms with van der Waals surface area (Å²) < 4.78 is 1.88. The van der Waals surface area contributed by atoms with Crippen molar-refractivity contribution in [3.8, 4) is 11.3 Å². The molecule has 1 N–H and O–H groups in total. The second-order valence-electron chi connectivity index (χ2n) is 10.1. The van der Waals surface area contributed by atoms with Gasteiger partial charge in [0.2, 0.25) is 0 Å². The Morgan fingerprint density at radius 3 is 2.55 bits per heavy atom. The van der Waals surface area contributed by atoms with Crippen LogP contribution in [0.25, 0.3) is 27.9 Å². The third-order valence-electron chi connectivity index (χ3n) is 7.30. The highest BCUT2D eigenvalue weighted by atomic mass is 15.3. The molecule has 0 unspecified atom stereocenters. The molecule has 4 aromatic rings. The van der Waals surface area contributed by atoms with E-state index in [0.29, 0.717) is 18.0 Å². The van der Waals surface area contributed by atoms with Gasteiger partial charge >= 0.3 is 0 Å². The van der Waals surface area contributed by atoms with Crippen molar-refractivity contribution in [3.05, 3.63) is 41.3 Å². The number of nitrogens with one attached hydrogen (secondary N) is 1. The molecule has 0 amide bonds. The average molecular weight is 446 g/mol. The summed E-state index contributed by atoms with van der Waals surface area (Å²) in [5, 5.41) is 4.40. The number of nitrogens with zero attached hydrogens (tertiary/aromatic N) is 6. The number of rotatable bonds is 4. The van der Waals surface area contributed by atoms with Crippen molar-refractivity contribution >= 4 is 22.5 Å². The van der Waals surface area contributed by atoms with Crippen molar-refractivity contribution in [1.29, 1.82) is 0 Å². The Balaban J connectivity index is 1.60. The normalized spacial score (nSPS) is 17.8. The van der Waals surface area contributed by atoms with E-state index in [1.165, 1.54) is 11.1 Å². The summed E-state index contributed by atoms with van der Waals surface area (Å²) >= 11 is 0. The number of aryl methyl sites for hydroxylation is 1. The molecule has 1 aliphatic rings. The highest BCUT2D eigenvalue weighted by Gasteiger charge is 2.27. The maximum absolute atomic E-state index is 5.22. The van der Waals surface area contributed by atoms with Gasteiger partial charge in [-0.1, -0.05) is 13.8 Å². The summed E-state index contributed by atoms with van der Waals surface area (Å²) in [6, 6.07) is 5.46. The third-order valence-corrected chi connectivity index (χ3v) is 7.30. The largest absolute Gasteiger partial charge is 0.354 e. The molecule has 174 valence electrons. The quantitative estimate of drug-likeness (QED) is 0.482. The predicted octanol–water partition coefficient (Wildman–Crippen LogP) is 4.93. The Morgan fingerprint density at radius 1 is 1.06 bits per heavy atom. The molecule has 0 aromatic carbocycles. The minimum atomic E-state index is 0.333. The molecule has 1 aliphatic heterocycles. The van der Waals surface area contributed by atoms with Gasteiger partial charge in [0.25, 0.3) is 0 Å². The molecular formula is C26H35N7. The second kappa shape index (κ2) is 8.13. The predicted molar refractivity (Wildman–Crippen MR) is 135 cm³/mol. The van der Waals surface area contributed by atoms with E-state index < -0.39 is 0 Å². The van der Waals surface area contributed by atoms with Crippen LogP contribution in [-0.2, 0) is 0 Å². The zero-order valence-corrected chi connectivity index (χ0v) is 20.8. The van der Waals surface area contributed by atoms with Gasteiger partial charge in [0.15, 0.2) is 5.65 Å². The number of hydrogen-bond donors (Lipinski definition) is 1. The topological polar surface area (TPSA) is 65.4 Å². The first kappa shape index (κ1) is 21.9. The fourth-order valence-electron chi connectivity index (χ4n) is 5.43. The molecule has 4 aromatic heterocycles. The molecule has 5 heterocycles. The van der Waals surface area contributed by atoms with Crippen molar-refractivity contribution in [2.75, 3.05) is 24.5 Å². The van der Waals surface area contributed by atoms with Gasteiger partial charge in [-0.05, 0) is 63.8 Å². The van der Waals surface area contributed by atoms with E-state index in [9.17, 15) is 0 Å². The molecular weight excluding hydrogens is 410 g/mol. The van der Waals surface area contributed by atoms with Crippen LogP contribution in [-0.4, -0.2) is 61.2 Å². The van der Waals surface area contributed by atoms with Crippen LogP contribution < -0.4 is 4.90 Å². The lowest BCUT2D eigenvalue weighted by Gasteiger charge is -2.42. The minimum absolute atomic E-state index is 0.333. The van der Waals surface area contributed by atoms with E-state index in [4.69, 9.17) is 4.98 Å². The molecule has 1 atom stereocenters. The highest BCUT2D eigenvalue weighted by Crippen LogP contribution is 2.38. The number of aromatic amines is 1. The SMILES string of the molecule is Cc1c(-c2[nH]c3ccc(N4CCN(C(C)C)[C@@H](C)C4)nc3c2C(C)C)cn2ncnc2c1C. The maximum atomic E-state index is 5.22. The highest BCUT2D eigenvalue weighted by molar-refractivity contribution is 5.90. The van der Waals surface area contributed by atoms with Crippen molar-refractivity contribution in [2.45, 2.75) is 66.5 Å². The molecule has 0 bridgehead atoms. The van der Waals surface area contributed by atoms with Crippen LogP contribution in [0.2, 0.25) is 0 Å². The minimum Gasteiger partial charge on any atom is -0.354 e. The van der Waals surface area contributed by atoms with Gasteiger partial charge in [-0.25, -0.2) is 14.5 Å². The first-order valence-electron chi connectivity index (χ1n) is 12.1. The summed E-state index contributed by atoms with van der Waals surface area (Å²) in [4.78, 5) is 18.4. The number of hydrogen-bond acceptors (Lipinski definition) is 5. The third kappa shape index (κ3) is 3.59. The molecule has 7 heteroatoms. The fourth-order valence-corrected chi connectivity index (χ4v) is 5.43. The maximum Gasteiger partial charge on any atom is 0.158 e. The lowest BCUT2D eigenvalue weighted by atomic mass is 9.95. The number of H-pyrrole nitrogens is 1. The van der Waals surface area contributed by atoms with E-state index in [1.807, 2.05) is 4.52 Å². The van der Waals surface area contributed by atoms with Gasteiger partial charge in [-0.2, -0.15) is 5.10 Å². The number of aromatic nitrogens is 5. The van der Waals surface area contributed by atoms with E-state index in [-0.39, 0.29) is 0 Å². The zero-order chi connectivity index (χ0) is 23.4. The Labute approximate surface area is 195 Å². The number of pyridine rings is 2. The van der Waals surface area contributed by atoms with Gasteiger partial charge in [-0.15, -0.1) is 0 Å². The molecule has 0 saturated carbocycles. The van der Waals surface area contributed by atoms with E-state index >= 15 is 0 Å². The Hall–Kier alpha value is -2.93. The number of anilines is 1. The van der Waals surface area contributed by atoms with E-state index in [1.54, 1.807) is 6.33 Å². The standard InChI is InChI=1S/C26H35N7/c1-15(2)23-24(20-13-33-26(27-14-28-33)19(7)18(20)6)29-21-8-9-22(30-25(21)23)31-10-11-32(16(3)4)17(5)12-31/h8-9,13-17,29H,10-12H2,1-7H3/t17-/m0/s1. The summed E-state index contributed by atoms with van der Waals surface area (Å²) in [5.74, 6) is 1.41. The van der Waals surface area contributed by atoms with Crippen LogP contribution in [0.4, 0.5) is 5.82 Å². The van der Waals surface area contributed by atoms with Gasteiger partial charge in [0.1, 0.15) is 12.1 Å². The Kier molecular flexibility index (Phi) is 5.40. The van der Waals surface area contributed by atoms with Gasteiger partial charge < -0.3 is 9.88 Å². The molecule has 5 rings (SSSR count). The Bertz CT molecular complexity index is 1310. The average Bonchev–Trinajstić information content (AvgIpc) is 3.39. The van der Waals surface area contributed by atoms with Gasteiger partial charge in [0, 0.05) is 49.0 Å². The van der Waals surface area contributed by atoms with E-state index in [0.717, 1.165) is 59.0 Å². The second-order valence-corrected chi connectivity index (χ2v) is 10.1. The summed E-state index contributed by atoms with van der Waals surface area (Å²) in [6.45, 7) is 18.8. The molecule has 1 saturated heterocycles. The smallest absolute Gasteiger partial charge is 0.158 e. The summed E-state index contributed by atoms with van der Waals surface area (Å²) in [7, 11) is 0. The molecule has 0 spiro atoms. The van der Waals surface area contributed by atoms with Crippen LogP contribution in [0.15, 0.2) is 24.7 Å². The molecule has 7 nitrogen and oxygen atoms in total. The Morgan fingerprint density at radius 2 is 1.85 bits per heavy atom. The molecule has 1 fully saturated rings. The fraction of sp³-hybridized carbons (Fsp3) is 0.500. The van der Waals surface area contributed by atoms with Crippen molar-refractivity contribution < 1.29 is 0 Å². The zero-order valence-electron chi connectivity index (χ0n) is 20.8.